The zero-order chi connectivity index (χ0) is 13.2. The Morgan fingerprint density at radius 1 is 1.33 bits per heavy atom. The van der Waals surface area contributed by atoms with Crippen molar-refractivity contribution in [2.24, 2.45) is 0 Å². The third-order valence-corrected chi connectivity index (χ3v) is 2.80. The van der Waals surface area contributed by atoms with E-state index in [1.165, 1.54) is 0 Å². The lowest BCUT2D eigenvalue weighted by molar-refractivity contribution is 0.511. The minimum atomic E-state index is 0.0241. The molecular formula is C15H17N3. The summed E-state index contributed by atoms with van der Waals surface area (Å²) < 4.78 is 2.14. The van der Waals surface area contributed by atoms with Crippen LogP contribution in [0.2, 0.25) is 0 Å². The molecule has 2 aromatic rings. The molecule has 0 spiro atoms. The second-order valence-electron chi connectivity index (χ2n) is 5.44. The maximum atomic E-state index is 8.90. The van der Waals surface area contributed by atoms with Gasteiger partial charge in [-0.05, 0) is 17.7 Å². The molecule has 1 heterocycles. The van der Waals surface area contributed by atoms with E-state index in [1.807, 2.05) is 36.7 Å². The number of hydrogen-bond donors (Lipinski definition) is 0. The van der Waals surface area contributed by atoms with Gasteiger partial charge in [0.2, 0.25) is 0 Å². The fourth-order valence-electron chi connectivity index (χ4n) is 2.02. The van der Waals surface area contributed by atoms with Crippen LogP contribution in [0.25, 0.3) is 0 Å². The Hall–Kier alpha value is -2.08. The van der Waals surface area contributed by atoms with Crippen LogP contribution in [0, 0.1) is 11.3 Å². The van der Waals surface area contributed by atoms with Gasteiger partial charge in [-0.2, -0.15) is 5.26 Å². The first-order chi connectivity index (χ1) is 8.50. The number of nitriles is 1. The van der Waals surface area contributed by atoms with Crippen molar-refractivity contribution in [1.82, 2.24) is 9.55 Å². The van der Waals surface area contributed by atoms with Crippen molar-refractivity contribution in [2.75, 3.05) is 0 Å². The molecule has 3 heteroatoms. The van der Waals surface area contributed by atoms with Crippen LogP contribution in [0.4, 0.5) is 0 Å². The summed E-state index contributed by atoms with van der Waals surface area (Å²) in [5.41, 5.74) is 1.85. The largest absolute Gasteiger partial charge is 0.330 e. The molecule has 0 fully saturated rings. The van der Waals surface area contributed by atoms with Gasteiger partial charge in [-0.15, -0.1) is 0 Å². The summed E-state index contributed by atoms with van der Waals surface area (Å²) in [4.78, 5) is 4.42. The van der Waals surface area contributed by atoms with Crippen LogP contribution in [-0.2, 0) is 12.0 Å². The maximum absolute atomic E-state index is 8.90. The van der Waals surface area contributed by atoms with Crippen molar-refractivity contribution >= 4 is 0 Å². The minimum Gasteiger partial charge on any atom is -0.330 e. The zero-order valence-corrected chi connectivity index (χ0v) is 11.0. The molecule has 0 bridgehead atoms. The Kier molecular flexibility index (Phi) is 3.20. The standard InChI is InChI=1S/C15H17N3/c1-15(2,3)14-17-7-8-18(14)11-13-6-4-5-12(9-13)10-16/h4-9H,11H2,1-3H3. The summed E-state index contributed by atoms with van der Waals surface area (Å²) in [7, 11) is 0. The van der Waals surface area contributed by atoms with E-state index in [4.69, 9.17) is 5.26 Å². The second-order valence-corrected chi connectivity index (χ2v) is 5.44. The highest BCUT2D eigenvalue weighted by Crippen LogP contribution is 2.21. The highest BCUT2D eigenvalue weighted by atomic mass is 15.1. The topological polar surface area (TPSA) is 41.6 Å². The van der Waals surface area contributed by atoms with E-state index >= 15 is 0 Å². The molecule has 2 rings (SSSR count). The van der Waals surface area contributed by atoms with Gasteiger partial charge in [0.05, 0.1) is 11.6 Å². The Morgan fingerprint density at radius 2 is 2.11 bits per heavy atom. The maximum Gasteiger partial charge on any atom is 0.114 e. The van der Waals surface area contributed by atoms with Crippen molar-refractivity contribution in [3.05, 3.63) is 53.6 Å². The molecule has 0 amide bonds. The fourth-order valence-corrected chi connectivity index (χ4v) is 2.02. The molecule has 0 unspecified atom stereocenters. The Bertz CT molecular complexity index is 582. The molecule has 0 saturated heterocycles. The van der Waals surface area contributed by atoms with E-state index < -0.39 is 0 Å². The molecule has 0 saturated carbocycles. The van der Waals surface area contributed by atoms with Crippen molar-refractivity contribution < 1.29 is 0 Å². The average molecular weight is 239 g/mol. The second kappa shape index (κ2) is 4.66. The predicted molar refractivity (Wildman–Crippen MR) is 71.2 cm³/mol. The first-order valence-corrected chi connectivity index (χ1v) is 6.01. The van der Waals surface area contributed by atoms with E-state index in [1.54, 1.807) is 0 Å². The van der Waals surface area contributed by atoms with Gasteiger partial charge in [0.1, 0.15) is 5.82 Å². The normalized spacial score (nSPS) is 11.2. The molecule has 0 aliphatic carbocycles. The lowest BCUT2D eigenvalue weighted by Gasteiger charge is -2.19. The van der Waals surface area contributed by atoms with Gasteiger partial charge < -0.3 is 4.57 Å². The summed E-state index contributed by atoms with van der Waals surface area (Å²) in [6.45, 7) is 7.20. The van der Waals surface area contributed by atoms with Crippen LogP contribution in [-0.4, -0.2) is 9.55 Å². The van der Waals surface area contributed by atoms with Crippen LogP contribution in [0.15, 0.2) is 36.7 Å². The van der Waals surface area contributed by atoms with Crippen molar-refractivity contribution in [2.45, 2.75) is 32.7 Å². The summed E-state index contributed by atoms with van der Waals surface area (Å²) in [6.07, 6.45) is 3.81. The molecule has 1 aromatic carbocycles. The van der Waals surface area contributed by atoms with E-state index in [0.29, 0.717) is 5.56 Å². The van der Waals surface area contributed by atoms with Gasteiger partial charge >= 0.3 is 0 Å². The molecule has 3 nitrogen and oxygen atoms in total. The van der Waals surface area contributed by atoms with E-state index in [9.17, 15) is 0 Å². The molecule has 18 heavy (non-hydrogen) atoms. The minimum absolute atomic E-state index is 0.0241. The quantitative estimate of drug-likeness (QED) is 0.808. The Morgan fingerprint density at radius 3 is 2.78 bits per heavy atom. The number of benzene rings is 1. The summed E-state index contributed by atoms with van der Waals surface area (Å²) in [6, 6.07) is 9.86. The third-order valence-electron chi connectivity index (χ3n) is 2.80. The lowest BCUT2D eigenvalue weighted by atomic mass is 9.95. The van der Waals surface area contributed by atoms with E-state index in [-0.39, 0.29) is 5.41 Å². The van der Waals surface area contributed by atoms with Gasteiger partial charge in [0, 0.05) is 24.4 Å². The highest BCUT2D eigenvalue weighted by molar-refractivity contribution is 5.33. The SMILES string of the molecule is CC(C)(C)c1nccn1Cc1cccc(C#N)c1. The molecular weight excluding hydrogens is 222 g/mol. The Balaban J connectivity index is 2.30. The van der Waals surface area contributed by atoms with Gasteiger partial charge in [0.15, 0.2) is 0 Å². The van der Waals surface area contributed by atoms with Crippen LogP contribution in [0.5, 0.6) is 0 Å². The smallest absolute Gasteiger partial charge is 0.114 e. The van der Waals surface area contributed by atoms with Crippen molar-refractivity contribution in [3.63, 3.8) is 0 Å². The van der Waals surface area contributed by atoms with Crippen molar-refractivity contribution in [1.29, 1.82) is 5.26 Å². The van der Waals surface area contributed by atoms with Crippen LogP contribution in [0.1, 0.15) is 37.7 Å². The van der Waals surface area contributed by atoms with Crippen molar-refractivity contribution in [3.8, 4) is 6.07 Å². The van der Waals surface area contributed by atoms with E-state index in [0.717, 1.165) is 17.9 Å². The van der Waals surface area contributed by atoms with Gasteiger partial charge in [-0.25, -0.2) is 4.98 Å². The number of nitrogens with zero attached hydrogens (tertiary/aromatic N) is 3. The average Bonchev–Trinajstić information content (AvgIpc) is 2.77. The monoisotopic (exact) mass is 239 g/mol. The molecule has 1 aromatic heterocycles. The Labute approximate surface area is 108 Å². The predicted octanol–water partition coefficient (Wildman–Crippen LogP) is 3.10. The van der Waals surface area contributed by atoms with Gasteiger partial charge in [-0.1, -0.05) is 32.9 Å². The van der Waals surface area contributed by atoms with E-state index in [2.05, 4.69) is 36.4 Å². The summed E-state index contributed by atoms with van der Waals surface area (Å²) in [5, 5.41) is 8.90. The fraction of sp³-hybridized carbons (Fsp3) is 0.333. The molecule has 0 aliphatic heterocycles. The van der Waals surface area contributed by atoms with Crippen LogP contribution < -0.4 is 0 Å². The molecule has 0 aliphatic rings. The molecule has 0 atom stereocenters. The van der Waals surface area contributed by atoms with Crippen LogP contribution in [0.3, 0.4) is 0 Å². The third kappa shape index (κ3) is 2.60. The first kappa shape index (κ1) is 12.4. The lowest BCUT2D eigenvalue weighted by Crippen LogP contribution is -2.19. The highest BCUT2D eigenvalue weighted by Gasteiger charge is 2.19. The number of rotatable bonds is 2. The van der Waals surface area contributed by atoms with Crippen LogP contribution >= 0.6 is 0 Å². The summed E-state index contributed by atoms with van der Waals surface area (Å²) in [5.74, 6) is 1.06. The number of aromatic nitrogens is 2. The summed E-state index contributed by atoms with van der Waals surface area (Å²) >= 11 is 0. The number of hydrogen-bond acceptors (Lipinski definition) is 2. The van der Waals surface area contributed by atoms with Gasteiger partial charge in [0.25, 0.3) is 0 Å². The number of imidazole rings is 1. The zero-order valence-electron chi connectivity index (χ0n) is 11.0. The molecule has 0 radical (unpaired) electrons. The van der Waals surface area contributed by atoms with Gasteiger partial charge in [-0.3, -0.25) is 0 Å². The molecule has 0 N–H and O–H groups in total. The molecule has 92 valence electrons. The first-order valence-electron chi connectivity index (χ1n) is 6.01.